The number of ether oxygens (including phenoxy) is 1. The van der Waals surface area contributed by atoms with E-state index in [4.69, 9.17) is 4.74 Å². The molecule has 0 saturated carbocycles. The van der Waals surface area contributed by atoms with Crippen LogP contribution in [0.3, 0.4) is 0 Å². The zero-order valence-corrected chi connectivity index (χ0v) is 22.5. The quantitative estimate of drug-likeness (QED) is 0.195. The molecule has 2 aromatic carbocycles. The van der Waals surface area contributed by atoms with Crippen LogP contribution in [0.4, 0.5) is 17.6 Å². The predicted octanol–water partition coefficient (Wildman–Crippen LogP) is 7.26. The highest BCUT2D eigenvalue weighted by molar-refractivity contribution is 7.99. The molecule has 1 N–H and O–H groups in total. The minimum Gasteiger partial charge on any atom is -0.497 e. The maximum atomic E-state index is 15.5. The molecule has 1 saturated heterocycles. The van der Waals surface area contributed by atoms with Gasteiger partial charge in [-0.3, -0.25) is 9.78 Å². The number of benzene rings is 2. The van der Waals surface area contributed by atoms with E-state index >= 15 is 4.39 Å². The molecule has 0 bridgehead atoms. The first kappa shape index (κ1) is 29.1. The number of thioether (sulfide) groups is 1. The highest BCUT2D eigenvalue weighted by Crippen LogP contribution is 2.36. The molecule has 2 heterocycles. The molecule has 1 aliphatic heterocycles. The van der Waals surface area contributed by atoms with Gasteiger partial charge in [-0.1, -0.05) is 0 Å². The Morgan fingerprint density at radius 1 is 1.18 bits per heavy atom. The van der Waals surface area contributed by atoms with E-state index < -0.39 is 23.9 Å². The van der Waals surface area contributed by atoms with Crippen LogP contribution in [0.2, 0.25) is 0 Å². The Morgan fingerprint density at radius 2 is 1.95 bits per heavy atom. The summed E-state index contributed by atoms with van der Waals surface area (Å²) in [5.41, 5.74) is 0.589. The summed E-state index contributed by atoms with van der Waals surface area (Å²) >= 11 is 1.48. The number of carbonyl (C=O) groups is 1. The van der Waals surface area contributed by atoms with E-state index in [1.165, 1.54) is 23.9 Å². The van der Waals surface area contributed by atoms with Gasteiger partial charge in [0.05, 0.1) is 18.2 Å². The summed E-state index contributed by atoms with van der Waals surface area (Å²) in [6.07, 6.45) is -2.27. The number of carboxylic acid groups (broad SMARTS) is 1. The first-order chi connectivity index (χ1) is 18.6. The maximum Gasteiger partial charge on any atom is 0.416 e. The summed E-state index contributed by atoms with van der Waals surface area (Å²) in [7, 11) is 1.56. The SMILES string of the molecule is COc1ccc2nccc([C@H](F)CC[C@@H]3CCN(CCSc4ccc(C(F)(F)F)cc4)C[C@@H]3CC(=O)O)c2c1. The fourth-order valence-corrected chi connectivity index (χ4v) is 6.20. The van der Waals surface area contributed by atoms with Crippen LogP contribution >= 0.6 is 11.8 Å². The number of likely N-dealkylation sites (tertiary alicyclic amines) is 1. The Morgan fingerprint density at radius 3 is 2.64 bits per heavy atom. The molecule has 3 aromatic rings. The number of halogens is 4. The third kappa shape index (κ3) is 7.85. The summed E-state index contributed by atoms with van der Waals surface area (Å²) < 4.78 is 59.1. The van der Waals surface area contributed by atoms with Gasteiger partial charge in [0.25, 0.3) is 0 Å². The highest BCUT2D eigenvalue weighted by Gasteiger charge is 2.32. The highest BCUT2D eigenvalue weighted by atomic mass is 32.2. The lowest BCUT2D eigenvalue weighted by Crippen LogP contribution is -2.42. The molecule has 4 rings (SSSR count). The van der Waals surface area contributed by atoms with Crippen molar-refractivity contribution in [2.24, 2.45) is 11.8 Å². The standard InChI is InChI=1S/C29H32F4N2O3S/c1-38-22-5-9-27-25(17-22)24(10-12-34-27)26(30)8-2-19-11-13-35(18-20(19)16-28(36)37)14-15-39-23-6-3-21(4-7-23)29(31,32)33/h3-7,9-10,12,17,19-20,26H,2,8,11,13-16,18H2,1H3,(H,36,37)/t19-,20+,26-/m1/s1. The van der Waals surface area contributed by atoms with Crippen molar-refractivity contribution < 1.29 is 32.2 Å². The Kier molecular flexibility index (Phi) is 9.71. The van der Waals surface area contributed by atoms with Crippen molar-refractivity contribution in [1.82, 2.24) is 9.88 Å². The second-order valence-electron chi connectivity index (χ2n) is 9.91. The van der Waals surface area contributed by atoms with E-state index in [-0.39, 0.29) is 18.3 Å². The average Bonchev–Trinajstić information content (AvgIpc) is 2.91. The van der Waals surface area contributed by atoms with Crippen LogP contribution in [0.1, 0.15) is 43.0 Å². The number of alkyl halides is 4. The van der Waals surface area contributed by atoms with E-state index in [0.29, 0.717) is 53.9 Å². The van der Waals surface area contributed by atoms with Gasteiger partial charge >= 0.3 is 12.1 Å². The molecule has 39 heavy (non-hydrogen) atoms. The number of aromatic nitrogens is 1. The molecule has 10 heteroatoms. The predicted molar refractivity (Wildman–Crippen MR) is 144 cm³/mol. The minimum atomic E-state index is -4.35. The summed E-state index contributed by atoms with van der Waals surface area (Å²) in [6.45, 7) is 2.09. The van der Waals surface area contributed by atoms with E-state index in [1.54, 1.807) is 37.6 Å². The topological polar surface area (TPSA) is 62.7 Å². The second kappa shape index (κ2) is 13.0. The van der Waals surface area contributed by atoms with Gasteiger partial charge in [0.15, 0.2) is 0 Å². The van der Waals surface area contributed by atoms with Crippen LogP contribution < -0.4 is 4.74 Å². The Bertz CT molecular complexity index is 1260. The average molecular weight is 565 g/mol. The third-order valence-electron chi connectivity index (χ3n) is 7.38. The molecule has 3 atom stereocenters. The maximum absolute atomic E-state index is 15.5. The molecule has 210 valence electrons. The van der Waals surface area contributed by atoms with Gasteiger partial charge in [-0.15, -0.1) is 11.8 Å². The third-order valence-corrected chi connectivity index (χ3v) is 8.37. The van der Waals surface area contributed by atoms with Gasteiger partial charge in [0, 0.05) is 41.7 Å². The fourth-order valence-electron chi connectivity index (χ4n) is 5.29. The lowest BCUT2D eigenvalue weighted by molar-refractivity contribution is -0.139. The van der Waals surface area contributed by atoms with Crippen LogP contribution in [0, 0.1) is 11.8 Å². The van der Waals surface area contributed by atoms with Gasteiger partial charge in [-0.2, -0.15) is 13.2 Å². The Hall–Kier alpha value is -2.85. The van der Waals surface area contributed by atoms with Crippen LogP contribution in [-0.2, 0) is 11.0 Å². The van der Waals surface area contributed by atoms with Crippen molar-refractivity contribution in [3.63, 3.8) is 0 Å². The molecule has 1 aliphatic rings. The number of hydrogen-bond acceptors (Lipinski definition) is 5. The van der Waals surface area contributed by atoms with Gasteiger partial charge in [0.1, 0.15) is 11.9 Å². The number of fused-ring (bicyclic) bond motifs is 1. The van der Waals surface area contributed by atoms with E-state index in [9.17, 15) is 23.1 Å². The number of rotatable bonds is 11. The van der Waals surface area contributed by atoms with Gasteiger partial charge in [-0.25, -0.2) is 4.39 Å². The molecule has 0 radical (unpaired) electrons. The molecule has 0 amide bonds. The van der Waals surface area contributed by atoms with E-state index in [2.05, 4.69) is 9.88 Å². The number of carboxylic acids is 1. The number of pyridine rings is 1. The van der Waals surface area contributed by atoms with Crippen LogP contribution in [0.15, 0.2) is 59.6 Å². The number of hydrogen-bond donors (Lipinski definition) is 1. The van der Waals surface area contributed by atoms with Gasteiger partial charge in [0.2, 0.25) is 0 Å². The van der Waals surface area contributed by atoms with Gasteiger partial charge in [-0.05, 0) is 91.7 Å². The minimum absolute atomic E-state index is 0.0273. The van der Waals surface area contributed by atoms with Crippen LogP contribution in [-0.4, -0.2) is 53.5 Å². The van der Waals surface area contributed by atoms with Crippen LogP contribution in [0.5, 0.6) is 5.75 Å². The molecule has 1 aromatic heterocycles. The Balaban J connectivity index is 1.32. The molecule has 0 spiro atoms. The number of aliphatic carboxylic acids is 1. The van der Waals surface area contributed by atoms with Crippen molar-refractivity contribution in [2.75, 3.05) is 32.5 Å². The van der Waals surface area contributed by atoms with Crippen molar-refractivity contribution in [1.29, 1.82) is 0 Å². The number of methoxy groups -OCH3 is 1. The van der Waals surface area contributed by atoms with E-state index in [1.807, 2.05) is 0 Å². The molecular formula is C29H32F4N2O3S. The summed E-state index contributed by atoms with van der Waals surface area (Å²) in [6, 6.07) is 12.2. The zero-order chi connectivity index (χ0) is 28.0. The van der Waals surface area contributed by atoms with Crippen molar-refractivity contribution in [2.45, 2.75) is 42.9 Å². The lowest BCUT2D eigenvalue weighted by Gasteiger charge is -2.38. The fraction of sp³-hybridized carbons (Fsp3) is 0.448. The molecule has 1 fully saturated rings. The van der Waals surface area contributed by atoms with Crippen LogP contribution in [0.25, 0.3) is 10.9 Å². The summed E-state index contributed by atoms with van der Waals surface area (Å²) in [5.74, 6) is 0.458. The van der Waals surface area contributed by atoms with Gasteiger partial charge < -0.3 is 14.7 Å². The molecular weight excluding hydrogens is 532 g/mol. The molecule has 0 unspecified atom stereocenters. The largest absolute Gasteiger partial charge is 0.497 e. The van der Waals surface area contributed by atoms with E-state index in [0.717, 1.165) is 30.0 Å². The first-order valence-corrected chi connectivity index (χ1v) is 13.9. The smallest absolute Gasteiger partial charge is 0.416 e. The monoisotopic (exact) mass is 564 g/mol. The summed E-state index contributed by atoms with van der Waals surface area (Å²) in [5, 5.41) is 10.2. The second-order valence-corrected chi connectivity index (χ2v) is 11.1. The van der Waals surface area contributed by atoms with Crippen molar-refractivity contribution in [3.8, 4) is 5.75 Å². The number of piperidine rings is 1. The first-order valence-electron chi connectivity index (χ1n) is 12.9. The van der Waals surface area contributed by atoms with Crippen molar-refractivity contribution >= 4 is 28.6 Å². The summed E-state index contributed by atoms with van der Waals surface area (Å²) in [4.78, 5) is 18.9. The normalized spacial score (nSPS) is 19.2. The molecule has 0 aliphatic carbocycles. The number of nitrogens with zero attached hydrogens (tertiary/aromatic N) is 2. The molecule has 5 nitrogen and oxygen atoms in total. The lowest BCUT2D eigenvalue weighted by atomic mass is 9.79. The Labute approximate surface area is 229 Å². The zero-order valence-electron chi connectivity index (χ0n) is 21.7. The van der Waals surface area contributed by atoms with Crippen molar-refractivity contribution in [3.05, 3.63) is 65.9 Å².